The fraction of sp³-hybridized carbons (Fsp3) is 0.360. The van der Waals surface area contributed by atoms with Crippen LogP contribution in [0.15, 0.2) is 71.9 Å². The van der Waals surface area contributed by atoms with Crippen LogP contribution in [0.2, 0.25) is 0 Å². The zero-order valence-electron chi connectivity index (χ0n) is 18.3. The molecule has 0 bridgehead atoms. The molecular formula is C25H33N3OS. The highest BCUT2D eigenvalue weighted by Gasteiger charge is 2.25. The second-order valence-corrected chi connectivity index (χ2v) is 11.7. The predicted octanol–water partition coefficient (Wildman–Crippen LogP) is 5.61. The van der Waals surface area contributed by atoms with Crippen LogP contribution in [0, 0.1) is 0 Å². The van der Waals surface area contributed by atoms with Crippen molar-refractivity contribution in [2.45, 2.75) is 45.3 Å². The van der Waals surface area contributed by atoms with Gasteiger partial charge in [0.1, 0.15) is 5.75 Å². The topological polar surface area (TPSA) is 49.2 Å². The van der Waals surface area contributed by atoms with Crippen LogP contribution in [-0.4, -0.2) is 37.2 Å². The van der Waals surface area contributed by atoms with Crippen molar-refractivity contribution in [3.8, 4) is 5.75 Å². The van der Waals surface area contributed by atoms with E-state index in [-0.39, 0.29) is 0 Å². The number of aromatic nitrogens is 2. The lowest BCUT2D eigenvalue weighted by atomic mass is 10.1. The molecule has 0 aliphatic rings. The Morgan fingerprint density at radius 1 is 0.733 bits per heavy atom. The Hall–Kier alpha value is -2.37. The maximum atomic E-state index is 11.3. The first kappa shape index (κ1) is 22.3. The molecule has 0 unspecified atom stereocenters. The molecule has 2 heterocycles. The van der Waals surface area contributed by atoms with Crippen LogP contribution in [0.5, 0.6) is 5.75 Å². The van der Waals surface area contributed by atoms with E-state index in [4.69, 9.17) is 0 Å². The van der Waals surface area contributed by atoms with Crippen LogP contribution < -0.4 is 0 Å². The third kappa shape index (κ3) is 5.21. The van der Waals surface area contributed by atoms with Crippen LogP contribution in [0.3, 0.4) is 0 Å². The van der Waals surface area contributed by atoms with Crippen LogP contribution >= 0.6 is 10.0 Å². The normalized spacial score (nSPS) is 12.3. The molecule has 30 heavy (non-hydrogen) atoms. The van der Waals surface area contributed by atoms with Crippen LogP contribution in [0.1, 0.15) is 37.7 Å². The van der Waals surface area contributed by atoms with Gasteiger partial charge in [-0.05, 0) is 47.6 Å². The molecule has 0 aliphatic carbocycles. The van der Waals surface area contributed by atoms with Crippen molar-refractivity contribution in [1.29, 1.82) is 0 Å². The quantitative estimate of drug-likeness (QED) is 0.461. The van der Waals surface area contributed by atoms with Gasteiger partial charge in [0.2, 0.25) is 0 Å². The lowest BCUT2D eigenvalue weighted by molar-refractivity contribution is 0.238. The monoisotopic (exact) mass is 423 g/mol. The molecule has 1 N–H and O–H groups in total. The summed E-state index contributed by atoms with van der Waals surface area (Å²) in [7, 11) is -0.989. The molecule has 3 rings (SSSR count). The highest BCUT2D eigenvalue weighted by Crippen LogP contribution is 2.58. The number of hydrogen-bond donors (Lipinski definition) is 1. The van der Waals surface area contributed by atoms with E-state index in [0.717, 1.165) is 39.1 Å². The molecule has 3 aromatic rings. The first-order chi connectivity index (χ1) is 14.6. The van der Waals surface area contributed by atoms with Crippen molar-refractivity contribution in [2.75, 3.05) is 17.3 Å². The number of hydrogen-bond acceptors (Lipinski definition) is 4. The van der Waals surface area contributed by atoms with Gasteiger partial charge in [-0.15, -0.1) is 0 Å². The molecule has 160 valence electrons. The average molecular weight is 424 g/mol. The smallest absolute Gasteiger partial charge is 0.132 e. The summed E-state index contributed by atoms with van der Waals surface area (Å²) in [5.74, 6) is 3.78. The van der Waals surface area contributed by atoms with Crippen molar-refractivity contribution in [1.82, 2.24) is 14.9 Å². The SMILES string of the molecule is CCS(CC)(CC)c1cccc(CN(Cc2ccccn2)Cc2ccccn2)c1O. The van der Waals surface area contributed by atoms with E-state index in [1.54, 1.807) is 0 Å². The highest BCUT2D eigenvalue weighted by atomic mass is 32.3. The Morgan fingerprint density at radius 2 is 1.30 bits per heavy atom. The van der Waals surface area contributed by atoms with E-state index < -0.39 is 10.0 Å². The Kier molecular flexibility index (Phi) is 7.88. The number of para-hydroxylation sites is 1. The van der Waals surface area contributed by atoms with E-state index in [1.165, 1.54) is 0 Å². The summed E-state index contributed by atoms with van der Waals surface area (Å²) in [6, 6.07) is 18.3. The Balaban J connectivity index is 1.91. The molecule has 1 aromatic carbocycles. The lowest BCUT2D eigenvalue weighted by Crippen LogP contribution is -2.23. The summed E-state index contributed by atoms with van der Waals surface area (Å²) in [6.07, 6.45) is 3.65. The van der Waals surface area contributed by atoms with E-state index in [0.29, 0.717) is 25.4 Å². The second kappa shape index (κ2) is 10.6. The summed E-state index contributed by atoms with van der Waals surface area (Å²) in [5.41, 5.74) is 3.01. The average Bonchev–Trinajstić information content (AvgIpc) is 2.79. The maximum Gasteiger partial charge on any atom is 0.132 e. The fourth-order valence-corrected chi connectivity index (χ4v) is 7.04. The largest absolute Gasteiger partial charge is 0.506 e. The van der Waals surface area contributed by atoms with Gasteiger partial charge in [0.05, 0.1) is 11.4 Å². The number of pyridine rings is 2. The summed E-state index contributed by atoms with van der Waals surface area (Å²) >= 11 is 0. The summed E-state index contributed by atoms with van der Waals surface area (Å²) in [6.45, 7) is 8.82. The third-order valence-electron chi connectivity index (χ3n) is 5.82. The molecule has 0 saturated heterocycles. The predicted molar refractivity (Wildman–Crippen MR) is 127 cm³/mol. The molecule has 0 spiro atoms. The van der Waals surface area contributed by atoms with Crippen LogP contribution in [0.4, 0.5) is 0 Å². The minimum Gasteiger partial charge on any atom is -0.506 e. The van der Waals surface area contributed by atoms with Gasteiger partial charge in [-0.2, -0.15) is 0 Å². The van der Waals surface area contributed by atoms with Crippen molar-refractivity contribution < 1.29 is 5.11 Å². The van der Waals surface area contributed by atoms with E-state index >= 15 is 0 Å². The van der Waals surface area contributed by atoms with Crippen molar-refractivity contribution in [3.63, 3.8) is 0 Å². The molecular weight excluding hydrogens is 390 g/mol. The number of aromatic hydroxyl groups is 1. The van der Waals surface area contributed by atoms with Crippen LogP contribution in [-0.2, 0) is 19.6 Å². The molecule has 0 saturated carbocycles. The van der Waals surface area contributed by atoms with Gasteiger partial charge in [0.25, 0.3) is 0 Å². The summed E-state index contributed by atoms with van der Waals surface area (Å²) in [4.78, 5) is 12.5. The molecule has 5 heteroatoms. The van der Waals surface area contributed by atoms with E-state index in [1.807, 2.05) is 54.9 Å². The Morgan fingerprint density at radius 3 is 1.77 bits per heavy atom. The van der Waals surface area contributed by atoms with Gasteiger partial charge < -0.3 is 5.11 Å². The molecule has 4 nitrogen and oxygen atoms in total. The molecule has 0 aliphatic heterocycles. The van der Waals surface area contributed by atoms with Gasteiger partial charge in [-0.3, -0.25) is 14.9 Å². The minimum absolute atomic E-state index is 0.477. The molecule has 2 aromatic heterocycles. The van der Waals surface area contributed by atoms with Gasteiger partial charge in [0, 0.05) is 42.5 Å². The van der Waals surface area contributed by atoms with Gasteiger partial charge >= 0.3 is 0 Å². The molecule has 0 radical (unpaired) electrons. The number of benzene rings is 1. The number of phenolic OH excluding ortho intramolecular Hbond substituents is 1. The highest BCUT2D eigenvalue weighted by molar-refractivity contribution is 8.33. The van der Waals surface area contributed by atoms with Crippen molar-refractivity contribution in [2.24, 2.45) is 0 Å². The van der Waals surface area contributed by atoms with Crippen LogP contribution in [0.25, 0.3) is 0 Å². The van der Waals surface area contributed by atoms with E-state index in [2.05, 4.69) is 47.8 Å². The molecule has 0 amide bonds. The second-order valence-electron chi connectivity index (χ2n) is 7.46. The first-order valence-corrected chi connectivity index (χ1v) is 12.8. The summed E-state index contributed by atoms with van der Waals surface area (Å²) < 4.78 is 0. The van der Waals surface area contributed by atoms with Crippen molar-refractivity contribution >= 4 is 10.0 Å². The third-order valence-corrected chi connectivity index (χ3v) is 10.4. The summed E-state index contributed by atoms with van der Waals surface area (Å²) in [5, 5.41) is 11.3. The number of phenols is 1. The molecule has 0 atom stereocenters. The first-order valence-electron chi connectivity index (χ1n) is 10.7. The molecule has 0 fully saturated rings. The minimum atomic E-state index is -0.989. The number of nitrogens with zero attached hydrogens (tertiary/aromatic N) is 3. The fourth-order valence-electron chi connectivity index (χ4n) is 3.97. The number of rotatable bonds is 10. The van der Waals surface area contributed by atoms with E-state index in [9.17, 15) is 5.11 Å². The van der Waals surface area contributed by atoms with Crippen molar-refractivity contribution in [3.05, 3.63) is 83.9 Å². The Bertz CT molecular complexity index is 864. The standard InChI is InChI=1S/C25H33N3OS/c1-4-30(5-2,6-3)24-15-11-12-21(25(24)29)18-28(19-22-13-7-9-16-26-22)20-23-14-8-10-17-27-23/h7-17,29H,4-6,18-20H2,1-3H3. The van der Waals surface area contributed by atoms with Gasteiger partial charge in [-0.1, -0.05) is 45.0 Å². The zero-order valence-corrected chi connectivity index (χ0v) is 19.1. The zero-order chi connectivity index (χ0) is 21.4. The van der Waals surface area contributed by atoms with Gasteiger partial charge in [0.15, 0.2) is 0 Å². The Labute approximate surface area is 182 Å². The maximum absolute atomic E-state index is 11.3. The van der Waals surface area contributed by atoms with Gasteiger partial charge in [-0.25, -0.2) is 10.0 Å². The lowest BCUT2D eigenvalue weighted by Gasteiger charge is -2.38.